The maximum atomic E-state index is 13.2. The first-order chi connectivity index (χ1) is 11.0. The molecule has 1 aliphatic rings. The van der Waals surface area contributed by atoms with Gasteiger partial charge in [0.25, 0.3) is 0 Å². The van der Waals surface area contributed by atoms with Gasteiger partial charge in [-0.2, -0.15) is 0 Å². The van der Waals surface area contributed by atoms with Gasteiger partial charge in [0.15, 0.2) is 5.96 Å². The number of hydrogen-bond donors (Lipinski definition) is 2. The van der Waals surface area contributed by atoms with Crippen molar-refractivity contribution in [1.29, 1.82) is 0 Å². The molecule has 2 rings (SSSR count). The molecule has 128 valence electrons. The number of likely N-dealkylation sites (tertiary alicyclic amines) is 1. The zero-order valence-electron chi connectivity index (χ0n) is 14.6. The molecule has 2 atom stereocenters. The molecule has 2 N–H and O–H groups in total. The summed E-state index contributed by atoms with van der Waals surface area (Å²) < 4.78 is 13.2. The number of nitrogens with zero attached hydrogens (tertiary/aromatic N) is 2. The van der Waals surface area contributed by atoms with Crippen LogP contribution in [0.1, 0.15) is 26.3 Å². The molecule has 0 saturated carbocycles. The molecule has 0 aliphatic carbocycles. The monoisotopic (exact) mass is 320 g/mol. The highest BCUT2D eigenvalue weighted by atomic mass is 19.1. The third-order valence-electron chi connectivity index (χ3n) is 4.51. The maximum absolute atomic E-state index is 13.2. The summed E-state index contributed by atoms with van der Waals surface area (Å²) in [6.07, 6.45) is 0.775. The first-order valence-electron chi connectivity index (χ1n) is 8.45. The number of halogens is 1. The molecule has 0 radical (unpaired) electrons. The first-order valence-corrected chi connectivity index (χ1v) is 8.45. The van der Waals surface area contributed by atoms with Gasteiger partial charge in [-0.25, -0.2) is 4.39 Å². The van der Waals surface area contributed by atoms with Crippen LogP contribution in [0.5, 0.6) is 0 Å². The Hall–Kier alpha value is -1.62. The number of aliphatic imine (C=N–C) groups is 1. The molecular formula is C18H29FN4. The predicted molar refractivity (Wildman–Crippen MR) is 94.3 cm³/mol. The van der Waals surface area contributed by atoms with Crippen molar-refractivity contribution in [2.45, 2.75) is 39.3 Å². The van der Waals surface area contributed by atoms with Crippen LogP contribution in [0.4, 0.5) is 4.39 Å². The molecule has 23 heavy (non-hydrogen) atoms. The Labute approximate surface area is 139 Å². The van der Waals surface area contributed by atoms with Gasteiger partial charge in [-0.3, -0.25) is 9.89 Å². The highest BCUT2D eigenvalue weighted by Gasteiger charge is 2.31. The fourth-order valence-corrected chi connectivity index (χ4v) is 3.00. The summed E-state index contributed by atoms with van der Waals surface area (Å²) in [6.45, 7) is 9.65. The minimum Gasteiger partial charge on any atom is -0.356 e. The zero-order chi connectivity index (χ0) is 16.8. The van der Waals surface area contributed by atoms with Crippen molar-refractivity contribution in [1.82, 2.24) is 15.5 Å². The normalized spacial score (nSPS) is 22.6. The molecule has 0 spiro atoms. The lowest BCUT2D eigenvalue weighted by Gasteiger charge is -2.22. The van der Waals surface area contributed by atoms with Crippen molar-refractivity contribution in [3.63, 3.8) is 0 Å². The second kappa shape index (κ2) is 8.29. The standard InChI is InChI=1S/C18H29FN4/c1-13(2)23-11-14(3)17(12-23)22-18(20-4)21-9-8-15-6-5-7-16(19)10-15/h5-7,10,13-14,17H,8-9,11-12H2,1-4H3,(H2,20,21,22). The van der Waals surface area contributed by atoms with Crippen LogP contribution in [0, 0.1) is 11.7 Å². The van der Waals surface area contributed by atoms with E-state index >= 15 is 0 Å². The summed E-state index contributed by atoms with van der Waals surface area (Å²) in [4.78, 5) is 6.79. The Morgan fingerprint density at radius 3 is 2.78 bits per heavy atom. The zero-order valence-corrected chi connectivity index (χ0v) is 14.6. The van der Waals surface area contributed by atoms with E-state index in [0.717, 1.165) is 37.6 Å². The third kappa shape index (κ3) is 5.20. The topological polar surface area (TPSA) is 39.7 Å². The SMILES string of the molecule is CN=C(NCCc1cccc(F)c1)NC1CN(C(C)C)CC1C. The van der Waals surface area contributed by atoms with Gasteiger partial charge >= 0.3 is 0 Å². The van der Waals surface area contributed by atoms with Crippen molar-refractivity contribution in [2.75, 3.05) is 26.7 Å². The van der Waals surface area contributed by atoms with Gasteiger partial charge < -0.3 is 10.6 Å². The lowest BCUT2D eigenvalue weighted by Crippen LogP contribution is -2.47. The summed E-state index contributed by atoms with van der Waals surface area (Å²) >= 11 is 0. The predicted octanol–water partition coefficient (Wildman–Crippen LogP) is 2.26. The van der Waals surface area contributed by atoms with Crippen molar-refractivity contribution in [3.8, 4) is 0 Å². The number of hydrogen-bond acceptors (Lipinski definition) is 2. The fourth-order valence-electron chi connectivity index (χ4n) is 3.00. The average molecular weight is 320 g/mol. The van der Waals surface area contributed by atoms with Crippen LogP contribution in [0.2, 0.25) is 0 Å². The minimum atomic E-state index is -0.182. The summed E-state index contributed by atoms with van der Waals surface area (Å²) in [7, 11) is 1.79. The van der Waals surface area contributed by atoms with Crippen molar-refractivity contribution >= 4 is 5.96 Å². The molecule has 0 amide bonds. The van der Waals surface area contributed by atoms with Crippen LogP contribution in [-0.2, 0) is 6.42 Å². The second-order valence-corrected chi connectivity index (χ2v) is 6.65. The van der Waals surface area contributed by atoms with Gasteiger partial charge in [0, 0.05) is 38.8 Å². The van der Waals surface area contributed by atoms with Gasteiger partial charge in [0.05, 0.1) is 0 Å². The Balaban J connectivity index is 1.80. The molecule has 1 aliphatic heterocycles. The Bertz CT molecular complexity index is 530. The molecular weight excluding hydrogens is 291 g/mol. The third-order valence-corrected chi connectivity index (χ3v) is 4.51. The van der Waals surface area contributed by atoms with Crippen LogP contribution in [0.15, 0.2) is 29.3 Å². The quantitative estimate of drug-likeness (QED) is 0.646. The number of rotatable bonds is 5. The molecule has 2 unspecified atom stereocenters. The van der Waals surface area contributed by atoms with E-state index in [4.69, 9.17) is 0 Å². The highest BCUT2D eigenvalue weighted by Crippen LogP contribution is 2.18. The molecule has 1 fully saturated rings. The van der Waals surface area contributed by atoms with Gasteiger partial charge in [-0.05, 0) is 43.9 Å². The van der Waals surface area contributed by atoms with Gasteiger partial charge in [0.1, 0.15) is 5.82 Å². The molecule has 1 saturated heterocycles. The first kappa shape index (κ1) is 17.7. The molecule has 1 aromatic rings. The molecule has 1 heterocycles. The van der Waals surface area contributed by atoms with E-state index in [1.165, 1.54) is 6.07 Å². The summed E-state index contributed by atoms with van der Waals surface area (Å²) in [6, 6.07) is 7.74. The maximum Gasteiger partial charge on any atom is 0.191 e. The van der Waals surface area contributed by atoms with Gasteiger partial charge in [-0.15, -0.1) is 0 Å². The van der Waals surface area contributed by atoms with Crippen LogP contribution in [0.25, 0.3) is 0 Å². The average Bonchev–Trinajstić information content (AvgIpc) is 2.87. The van der Waals surface area contributed by atoms with Crippen LogP contribution in [-0.4, -0.2) is 49.6 Å². The van der Waals surface area contributed by atoms with E-state index in [1.54, 1.807) is 19.2 Å². The van der Waals surface area contributed by atoms with Crippen LogP contribution >= 0.6 is 0 Å². The van der Waals surface area contributed by atoms with E-state index in [2.05, 4.69) is 41.3 Å². The smallest absolute Gasteiger partial charge is 0.191 e. The summed E-state index contributed by atoms with van der Waals surface area (Å²) in [5.74, 6) is 1.24. The molecule has 0 aromatic heterocycles. The summed E-state index contributed by atoms with van der Waals surface area (Å²) in [5.41, 5.74) is 0.994. The molecule has 0 bridgehead atoms. The molecule has 1 aromatic carbocycles. The minimum absolute atomic E-state index is 0.182. The van der Waals surface area contributed by atoms with Crippen molar-refractivity contribution in [3.05, 3.63) is 35.6 Å². The second-order valence-electron chi connectivity index (χ2n) is 6.65. The van der Waals surface area contributed by atoms with E-state index in [9.17, 15) is 4.39 Å². The Morgan fingerprint density at radius 2 is 2.17 bits per heavy atom. The van der Waals surface area contributed by atoms with E-state index < -0.39 is 0 Å². The number of nitrogens with one attached hydrogen (secondary N) is 2. The highest BCUT2D eigenvalue weighted by molar-refractivity contribution is 5.80. The molecule has 4 nitrogen and oxygen atoms in total. The number of benzene rings is 1. The van der Waals surface area contributed by atoms with Crippen LogP contribution < -0.4 is 10.6 Å². The largest absolute Gasteiger partial charge is 0.356 e. The summed E-state index contributed by atoms with van der Waals surface area (Å²) in [5, 5.41) is 6.85. The van der Waals surface area contributed by atoms with Gasteiger partial charge in [0.2, 0.25) is 0 Å². The van der Waals surface area contributed by atoms with Gasteiger partial charge in [-0.1, -0.05) is 19.1 Å². The van der Waals surface area contributed by atoms with Crippen molar-refractivity contribution in [2.24, 2.45) is 10.9 Å². The van der Waals surface area contributed by atoms with E-state index in [1.807, 2.05) is 6.07 Å². The van der Waals surface area contributed by atoms with E-state index in [0.29, 0.717) is 18.0 Å². The van der Waals surface area contributed by atoms with Crippen LogP contribution in [0.3, 0.4) is 0 Å². The molecule has 5 heteroatoms. The lowest BCUT2D eigenvalue weighted by molar-refractivity contribution is 0.265. The van der Waals surface area contributed by atoms with E-state index in [-0.39, 0.29) is 5.82 Å². The Morgan fingerprint density at radius 1 is 1.39 bits per heavy atom. The fraction of sp³-hybridized carbons (Fsp3) is 0.611. The number of guanidine groups is 1. The van der Waals surface area contributed by atoms with Crippen molar-refractivity contribution < 1.29 is 4.39 Å². The lowest BCUT2D eigenvalue weighted by atomic mass is 10.1. The Kier molecular flexibility index (Phi) is 6.39.